The summed E-state index contributed by atoms with van der Waals surface area (Å²) in [7, 11) is -3.67. The summed E-state index contributed by atoms with van der Waals surface area (Å²) in [5.74, 6) is 0.761. The Morgan fingerprint density at radius 3 is 2.56 bits per heavy atom. The van der Waals surface area contributed by atoms with Gasteiger partial charge < -0.3 is 4.90 Å². The fourth-order valence-corrected chi connectivity index (χ4v) is 5.95. The molecule has 5 rings (SSSR count). The van der Waals surface area contributed by atoms with Crippen LogP contribution < -0.4 is 9.62 Å². The van der Waals surface area contributed by atoms with Crippen molar-refractivity contribution in [2.24, 2.45) is 5.92 Å². The summed E-state index contributed by atoms with van der Waals surface area (Å²) in [6, 6.07) is 10.8. The third-order valence-electron chi connectivity index (χ3n) is 6.38. The average Bonchev–Trinajstić information content (AvgIpc) is 3.48. The maximum Gasteiger partial charge on any atom is 0.268 e. The van der Waals surface area contributed by atoms with Crippen molar-refractivity contribution < 1.29 is 13.2 Å². The molecular weight excluding hydrogens is 452 g/mol. The number of amides is 1. The highest BCUT2D eigenvalue weighted by molar-refractivity contribution is 7.91. The van der Waals surface area contributed by atoms with Crippen LogP contribution in [0.4, 0.5) is 5.82 Å². The molecule has 1 saturated heterocycles. The second kappa shape index (κ2) is 8.19. The van der Waals surface area contributed by atoms with Crippen molar-refractivity contribution in [1.82, 2.24) is 24.5 Å². The third-order valence-corrected chi connectivity index (χ3v) is 8.20. The first-order valence-corrected chi connectivity index (χ1v) is 13.0. The van der Waals surface area contributed by atoms with E-state index in [9.17, 15) is 13.2 Å². The number of pyridine rings is 2. The largest absolute Gasteiger partial charge is 0.350 e. The Morgan fingerprint density at radius 1 is 1.12 bits per heavy atom. The van der Waals surface area contributed by atoms with Gasteiger partial charge in [0.2, 0.25) is 10.0 Å². The Labute approximate surface area is 199 Å². The van der Waals surface area contributed by atoms with E-state index < -0.39 is 21.2 Å². The van der Waals surface area contributed by atoms with Crippen molar-refractivity contribution >= 4 is 21.7 Å². The van der Waals surface area contributed by atoms with E-state index in [4.69, 9.17) is 4.98 Å². The molecule has 1 N–H and O–H groups in total. The molecule has 0 radical (unpaired) electrons. The predicted octanol–water partition coefficient (Wildman–Crippen LogP) is 3.18. The van der Waals surface area contributed by atoms with Gasteiger partial charge in [0.05, 0.1) is 16.5 Å². The van der Waals surface area contributed by atoms with Gasteiger partial charge in [-0.05, 0) is 69.4 Å². The van der Waals surface area contributed by atoms with Gasteiger partial charge in [-0.25, -0.2) is 22.8 Å². The van der Waals surface area contributed by atoms with Gasteiger partial charge >= 0.3 is 0 Å². The molecule has 2 aliphatic rings. The van der Waals surface area contributed by atoms with Crippen LogP contribution in [0.1, 0.15) is 50.4 Å². The van der Waals surface area contributed by atoms with Gasteiger partial charge in [-0.1, -0.05) is 13.0 Å². The number of carbonyl (C=O) groups excluding carboxylic acids is 1. The summed E-state index contributed by atoms with van der Waals surface area (Å²) >= 11 is 0. The highest BCUT2D eigenvalue weighted by Crippen LogP contribution is 2.38. The second-order valence-corrected chi connectivity index (χ2v) is 11.8. The van der Waals surface area contributed by atoms with Crippen molar-refractivity contribution in [2.75, 3.05) is 11.4 Å². The van der Waals surface area contributed by atoms with Crippen molar-refractivity contribution in [3.8, 4) is 17.2 Å². The molecule has 4 heterocycles. The van der Waals surface area contributed by atoms with Gasteiger partial charge in [0.15, 0.2) is 5.82 Å². The second-order valence-electron chi connectivity index (χ2n) is 9.81. The van der Waals surface area contributed by atoms with Crippen LogP contribution in [0.25, 0.3) is 17.2 Å². The summed E-state index contributed by atoms with van der Waals surface area (Å²) in [5.41, 5.74) is 1.46. The van der Waals surface area contributed by atoms with Crippen LogP contribution >= 0.6 is 0 Å². The zero-order chi connectivity index (χ0) is 24.1. The molecule has 10 heteroatoms. The molecule has 1 saturated carbocycles. The smallest absolute Gasteiger partial charge is 0.268 e. The van der Waals surface area contributed by atoms with Crippen LogP contribution in [0.3, 0.4) is 0 Å². The Kier molecular flexibility index (Phi) is 5.43. The predicted molar refractivity (Wildman–Crippen MR) is 129 cm³/mol. The molecule has 2 fully saturated rings. The molecule has 1 amide bonds. The minimum Gasteiger partial charge on any atom is -0.350 e. The minimum atomic E-state index is -3.67. The monoisotopic (exact) mass is 480 g/mol. The van der Waals surface area contributed by atoms with Gasteiger partial charge in [-0.3, -0.25) is 9.78 Å². The Morgan fingerprint density at radius 2 is 1.91 bits per heavy atom. The molecule has 0 unspecified atom stereocenters. The van der Waals surface area contributed by atoms with Gasteiger partial charge in [0.25, 0.3) is 5.91 Å². The van der Waals surface area contributed by atoms with Crippen LogP contribution in [0.5, 0.6) is 0 Å². The third kappa shape index (κ3) is 4.29. The highest BCUT2D eigenvalue weighted by atomic mass is 32.2. The molecule has 0 bridgehead atoms. The summed E-state index contributed by atoms with van der Waals surface area (Å²) in [6.07, 6.45) is 5.62. The number of nitrogens with zero attached hydrogens (tertiary/aromatic N) is 5. The van der Waals surface area contributed by atoms with Crippen molar-refractivity contribution in [1.29, 1.82) is 0 Å². The van der Waals surface area contributed by atoms with Crippen LogP contribution in [0.2, 0.25) is 0 Å². The molecule has 1 atom stereocenters. The molecule has 0 aromatic carbocycles. The van der Waals surface area contributed by atoms with E-state index in [-0.39, 0.29) is 11.1 Å². The highest BCUT2D eigenvalue weighted by Gasteiger charge is 2.41. The van der Waals surface area contributed by atoms with Gasteiger partial charge in [0, 0.05) is 24.5 Å². The average molecular weight is 481 g/mol. The fraction of sp³-hybridized carbons (Fsp3) is 0.417. The van der Waals surface area contributed by atoms with E-state index in [1.54, 1.807) is 29.2 Å². The van der Waals surface area contributed by atoms with E-state index in [0.29, 0.717) is 36.1 Å². The lowest BCUT2D eigenvalue weighted by molar-refractivity contribution is 0.0981. The normalized spacial score (nSPS) is 19.9. The van der Waals surface area contributed by atoms with Gasteiger partial charge in [-0.2, -0.15) is 5.10 Å². The summed E-state index contributed by atoms with van der Waals surface area (Å²) in [6.45, 7) is 7.11. The standard InChI is InChI=1S/C24H28N6O3S/c1-16-14-24(2,3)29(15-16)22-18(23(31)28-34(32,33)17-7-8-17)9-10-21(26-22)30-13-11-20(27-30)19-6-4-5-12-25-19/h4-6,9-13,16-17H,7-8,14-15H2,1-3H3,(H,28,31)/t16-/m0/s1. The van der Waals surface area contributed by atoms with Crippen LogP contribution in [-0.2, 0) is 10.0 Å². The van der Waals surface area contributed by atoms with E-state index in [1.165, 1.54) is 0 Å². The Hall–Kier alpha value is -3.27. The first kappa shape index (κ1) is 22.5. The van der Waals surface area contributed by atoms with Crippen LogP contribution in [-0.4, -0.2) is 51.4 Å². The molecule has 1 aliphatic carbocycles. The maximum atomic E-state index is 13.1. The number of nitrogens with one attached hydrogen (secondary N) is 1. The lowest BCUT2D eigenvalue weighted by Crippen LogP contribution is -2.41. The SMILES string of the molecule is C[C@@H]1CN(c2nc(-n3ccc(-c4ccccn4)n3)ccc2C(=O)NS(=O)(=O)C2CC2)C(C)(C)C1. The zero-order valence-corrected chi connectivity index (χ0v) is 20.3. The topological polar surface area (TPSA) is 110 Å². The number of hydrogen-bond donors (Lipinski definition) is 1. The zero-order valence-electron chi connectivity index (χ0n) is 19.5. The molecule has 34 heavy (non-hydrogen) atoms. The molecule has 3 aromatic heterocycles. The quantitative estimate of drug-likeness (QED) is 0.577. The van der Waals surface area contributed by atoms with Crippen LogP contribution in [0.15, 0.2) is 48.8 Å². The first-order chi connectivity index (χ1) is 16.1. The first-order valence-electron chi connectivity index (χ1n) is 11.5. The summed E-state index contributed by atoms with van der Waals surface area (Å²) in [4.78, 5) is 24.4. The molecule has 3 aromatic rings. The maximum absolute atomic E-state index is 13.1. The van der Waals surface area contributed by atoms with E-state index in [2.05, 4.69) is 40.5 Å². The van der Waals surface area contributed by atoms with Crippen molar-refractivity contribution in [3.05, 3.63) is 54.4 Å². The summed E-state index contributed by atoms with van der Waals surface area (Å²) < 4.78 is 28.8. The van der Waals surface area contributed by atoms with Gasteiger partial charge in [-0.15, -0.1) is 0 Å². The number of sulfonamides is 1. The molecule has 1 aliphatic heterocycles. The van der Waals surface area contributed by atoms with Crippen LogP contribution in [0, 0.1) is 5.92 Å². The number of rotatable bonds is 6. The van der Waals surface area contributed by atoms with Gasteiger partial charge in [0.1, 0.15) is 11.5 Å². The number of hydrogen-bond acceptors (Lipinski definition) is 7. The molecule has 0 spiro atoms. The lowest BCUT2D eigenvalue weighted by atomic mass is 9.97. The molecular formula is C24H28N6O3S. The molecule has 9 nitrogen and oxygen atoms in total. The van der Waals surface area contributed by atoms with E-state index >= 15 is 0 Å². The number of carbonyl (C=O) groups is 1. The minimum absolute atomic E-state index is 0.237. The summed E-state index contributed by atoms with van der Waals surface area (Å²) in [5, 5.41) is 4.13. The van der Waals surface area contributed by atoms with Crippen molar-refractivity contribution in [3.63, 3.8) is 0 Å². The number of aromatic nitrogens is 4. The Balaban J connectivity index is 1.54. The van der Waals surface area contributed by atoms with E-state index in [1.807, 2.05) is 24.3 Å². The molecule has 178 valence electrons. The van der Waals surface area contributed by atoms with E-state index in [0.717, 1.165) is 18.7 Å². The Bertz CT molecular complexity index is 1330. The fourth-order valence-electron chi connectivity index (χ4n) is 4.66. The number of anilines is 1. The lowest BCUT2D eigenvalue weighted by Gasteiger charge is -2.34. The van der Waals surface area contributed by atoms with Crippen molar-refractivity contribution in [2.45, 2.75) is 50.8 Å².